The van der Waals surface area contributed by atoms with Crippen LogP contribution in [-0.4, -0.2) is 15.0 Å². The van der Waals surface area contributed by atoms with Crippen LogP contribution >= 0.6 is 0 Å². The van der Waals surface area contributed by atoms with E-state index in [1.165, 1.54) is 0 Å². The summed E-state index contributed by atoms with van der Waals surface area (Å²) in [6.45, 7) is -0.00489. The number of sulfonamides is 1. The minimum Gasteiger partial charge on any atom is -0.398 e. The van der Waals surface area contributed by atoms with Crippen LogP contribution in [-0.2, 0) is 15.8 Å². The summed E-state index contributed by atoms with van der Waals surface area (Å²) < 4.78 is 25.2. The van der Waals surface area contributed by atoms with Crippen molar-refractivity contribution >= 4 is 15.7 Å². The van der Waals surface area contributed by atoms with Crippen molar-refractivity contribution in [3.63, 3.8) is 0 Å². The molecule has 3 N–H and O–H groups in total. The van der Waals surface area contributed by atoms with Crippen molar-refractivity contribution in [1.82, 2.24) is 4.72 Å². The van der Waals surface area contributed by atoms with Gasteiger partial charge in [-0.3, -0.25) is 0 Å². The molecule has 0 aliphatic rings. The highest BCUT2D eigenvalue weighted by Crippen LogP contribution is 2.13. The summed E-state index contributed by atoms with van der Waals surface area (Å²) in [6.07, 6.45) is 4.96. The molecule has 1 aromatic carbocycles. The highest BCUT2D eigenvalue weighted by atomic mass is 32.2. The largest absolute Gasteiger partial charge is 0.398 e. The van der Waals surface area contributed by atoms with Gasteiger partial charge in [0.25, 0.3) is 0 Å². The highest BCUT2D eigenvalue weighted by Gasteiger charge is 2.11. The van der Waals surface area contributed by atoms with Crippen molar-refractivity contribution in [2.24, 2.45) is 0 Å². The maximum Gasteiger partial charge on any atom is 0.216 e. The van der Waals surface area contributed by atoms with Crippen LogP contribution in [0.1, 0.15) is 5.56 Å². The molecule has 0 saturated heterocycles. The summed E-state index contributed by atoms with van der Waals surface area (Å²) in [6, 6.07) is 6.82. The van der Waals surface area contributed by atoms with E-state index in [2.05, 4.69) is 10.6 Å². The second kappa shape index (κ2) is 4.82. The van der Waals surface area contributed by atoms with E-state index in [4.69, 9.17) is 12.2 Å². The van der Waals surface area contributed by atoms with E-state index < -0.39 is 10.0 Å². The SMILES string of the molecule is C#CCNS(=O)(=O)Cc1ccccc1N. The van der Waals surface area contributed by atoms with Crippen molar-refractivity contribution in [2.75, 3.05) is 12.3 Å². The number of terminal acetylenes is 1. The van der Waals surface area contributed by atoms with Crippen LogP contribution < -0.4 is 10.5 Å². The van der Waals surface area contributed by atoms with Gasteiger partial charge in [-0.1, -0.05) is 24.1 Å². The first kappa shape index (κ1) is 11.6. The van der Waals surface area contributed by atoms with E-state index >= 15 is 0 Å². The zero-order valence-corrected chi connectivity index (χ0v) is 8.92. The van der Waals surface area contributed by atoms with E-state index in [9.17, 15) is 8.42 Å². The Morgan fingerprint density at radius 1 is 1.40 bits per heavy atom. The van der Waals surface area contributed by atoms with Crippen LogP contribution in [0, 0.1) is 12.3 Å². The average Bonchev–Trinajstić information content (AvgIpc) is 2.18. The first-order chi connectivity index (χ1) is 7.05. The van der Waals surface area contributed by atoms with Crippen LogP contribution in [0.15, 0.2) is 24.3 Å². The molecule has 1 rings (SSSR count). The fraction of sp³-hybridized carbons (Fsp3) is 0.200. The second-order valence-electron chi connectivity index (χ2n) is 2.98. The summed E-state index contributed by atoms with van der Waals surface area (Å²) in [7, 11) is -3.39. The van der Waals surface area contributed by atoms with E-state index in [0.29, 0.717) is 11.3 Å². The maximum absolute atomic E-state index is 11.4. The van der Waals surface area contributed by atoms with E-state index in [-0.39, 0.29) is 12.3 Å². The number of hydrogen-bond donors (Lipinski definition) is 2. The fourth-order valence-electron chi connectivity index (χ4n) is 1.07. The summed E-state index contributed by atoms with van der Waals surface area (Å²) in [5.41, 5.74) is 6.66. The zero-order chi connectivity index (χ0) is 11.3. The van der Waals surface area contributed by atoms with Gasteiger partial charge >= 0.3 is 0 Å². The first-order valence-corrected chi connectivity index (χ1v) is 5.94. The van der Waals surface area contributed by atoms with Gasteiger partial charge in [-0.15, -0.1) is 6.42 Å². The van der Waals surface area contributed by atoms with Crippen LogP contribution in [0.5, 0.6) is 0 Å². The van der Waals surface area contributed by atoms with Gasteiger partial charge in [0.05, 0.1) is 12.3 Å². The molecule has 0 spiro atoms. The average molecular weight is 224 g/mol. The van der Waals surface area contributed by atoms with E-state index in [1.807, 2.05) is 0 Å². The number of nitrogens with two attached hydrogens (primary N) is 1. The zero-order valence-electron chi connectivity index (χ0n) is 8.10. The van der Waals surface area contributed by atoms with Crippen LogP contribution in [0.4, 0.5) is 5.69 Å². The second-order valence-corrected chi connectivity index (χ2v) is 4.79. The molecule has 4 nitrogen and oxygen atoms in total. The third-order valence-electron chi connectivity index (χ3n) is 1.79. The fourth-order valence-corrected chi connectivity index (χ4v) is 2.15. The smallest absolute Gasteiger partial charge is 0.216 e. The Kier molecular flexibility index (Phi) is 3.72. The lowest BCUT2D eigenvalue weighted by molar-refractivity contribution is 0.585. The Morgan fingerprint density at radius 3 is 2.67 bits per heavy atom. The number of benzene rings is 1. The van der Waals surface area contributed by atoms with Crippen LogP contribution in [0.25, 0.3) is 0 Å². The molecule has 0 amide bonds. The molecule has 0 aromatic heterocycles. The van der Waals surface area contributed by atoms with Gasteiger partial charge in [0.1, 0.15) is 0 Å². The molecule has 0 saturated carbocycles. The lowest BCUT2D eigenvalue weighted by Gasteiger charge is -2.06. The van der Waals surface area contributed by atoms with Crippen LogP contribution in [0.3, 0.4) is 0 Å². The molecule has 15 heavy (non-hydrogen) atoms. The Morgan fingerprint density at radius 2 is 2.07 bits per heavy atom. The molecular formula is C10H12N2O2S. The summed E-state index contributed by atoms with van der Waals surface area (Å²) in [5.74, 6) is 2.05. The molecule has 0 aliphatic carbocycles. The summed E-state index contributed by atoms with van der Waals surface area (Å²) >= 11 is 0. The lowest BCUT2D eigenvalue weighted by atomic mass is 10.2. The first-order valence-electron chi connectivity index (χ1n) is 4.29. The molecule has 0 heterocycles. The van der Waals surface area contributed by atoms with Gasteiger partial charge in [0.15, 0.2) is 0 Å². The molecule has 80 valence electrons. The highest BCUT2D eigenvalue weighted by molar-refractivity contribution is 7.88. The van der Waals surface area contributed by atoms with Gasteiger partial charge in [-0.25, -0.2) is 13.1 Å². The molecule has 0 radical (unpaired) electrons. The third kappa shape index (κ3) is 3.62. The molecule has 0 aliphatic heterocycles. The predicted octanol–water partition coefficient (Wildman–Crippen LogP) is 0.321. The number of para-hydroxylation sites is 1. The van der Waals surface area contributed by atoms with Crippen LogP contribution in [0.2, 0.25) is 0 Å². The molecule has 0 fully saturated rings. The van der Waals surface area contributed by atoms with Gasteiger partial charge < -0.3 is 5.73 Å². The van der Waals surface area contributed by atoms with Gasteiger partial charge in [0.2, 0.25) is 10.0 Å². The van der Waals surface area contributed by atoms with Crippen molar-refractivity contribution < 1.29 is 8.42 Å². The number of hydrogen-bond acceptors (Lipinski definition) is 3. The minimum absolute atomic E-state index is 0.00489. The standard InChI is InChI=1S/C10H12N2O2S/c1-2-7-12-15(13,14)8-9-5-3-4-6-10(9)11/h1,3-6,12H,7-8,11H2. The lowest BCUT2D eigenvalue weighted by Crippen LogP contribution is -2.25. The Hall–Kier alpha value is -1.51. The number of nitrogens with one attached hydrogen (secondary N) is 1. The summed E-state index contributed by atoms with van der Waals surface area (Å²) in [4.78, 5) is 0. The minimum atomic E-state index is -3.39. The number of rotatable bonds is 4. The molecule has 0 atom stereocenters. The van der Waals surface area contributed by atoms with Crippen molar-refractivity contribution in [2.45, 2.75) is 5.75 Å². The predicted molar refractivity (Wildman–Crippen MR) is 60.3 cm³/mol. The third-order valence-corrected chi connectivity index (χ3v) is 3.07. The molecule has 1 aromatic rings. The van der Waals surface area contributed by atoms with Crippen molar-refractivity contribution in [1.29, 1.82) is 0 Å². The Labute approximate surface area is 89.5 Å². The number of nitrogen functional groups attached to an aromatic ring is 1. The molecule has 0 unspecified atom stereocenters. The Balaban J connectivity index is 2.79. The van der Waals surface area contributed by atoms with Gasteiger partial charge in [-0.2, -0.15) is 0 Å². The quantitative estimate of drug-likeness (QED) is 0.571. The van der Waals surface area contributed by atoms with Gasteiger partial charge in [0, 0.05) is 5.69 Å². The van der Waals surface area contributed by atoms with E-state index in [0.717, 1.165) is 0 Å². The summed E-state index contributed by atoms with van der Waals surface area (Å²) in [5, 5.41) is 0. The Bertz CT molecular complexity index is 474. The normalized spacial score (nSPS) is 10.9. The topological polar surface area (TPSA) is 72.2 Å². The van der Waals surface area contributed by atoms with Crippen molar-refractivity contribution in [3.8, 4) is 12.3 Å². The molecular weight excluding hydrogens is 212 g/mol. The number of anilines is 1. The molecule has 5 heteroatoms. The maximum atomic E-state index is 11.4. The van der Waals surface area contributed by atoms with E-state index in [1.54, 1.807) is 24.3 Å². The van der Waals surface area contributed by atoms with Gasteiger partial charge in [-0.05, 0) is 11.6 Å². The monoisotopic (exact) mass is 224 g/mol. The molecule has 0 bridgehead atoms. The van der Waals surface area contributed by atoms with Crippen molar-refractivity contribution in [3.05, 3.63) is 29.8 Å².